The summed E-state index contributed by atoms with van der Waals surface area (Å²) in [4.78, 5) is 8.67. The molecule has 1 aromatic heterocycles. The molecule has 0 amide bonds. The second-order valence-electron chi connectivity index (χ2n) is 6.28. The number of hydrogen-bond donors (Lipinski definition) is 0. The average molecular weight is 320 g/mol. The number of nitrogens with zero attached hydrogens (tertiary/aromatic N) is 2. The summed E-state index contributed by atoms with van der Waals surface area (Å²) >= 11 is 0. The molecule has 0 fully saturated rings. The lowest BCUT2D eigenvalue weighted by molar-refractivity contribution is 0.667. The zero-order chi connectivity index (χ0) is 17.0. The van der Waals surface area contributed by atoms with Gasteiger partial charge < -0.3 is 0 Å². The Hall–Kier alpha value is -2.14. The van der Waals surface area contributed by atoms with Crippen LogP contribution >= 0.6 is 0 Å². The summed E-state index contributed by atoms with van der Waals surface area (Å²) in [6.07, 6.45) is 13.6. The molecule has 0 aliphatic heterocycles. The van der Waals surface area contributed by atoms with Gasteiger partial charge in [0.15, 0.2) is 0 Å². The summed E-state index contributed by atoms with van der Waals surface area (Å²) in [6, 6.07) is 8.56. The van der Waals surface area contributed by atoms with Crippen LogP contribution in [0.5, 0.6) is 0 Å². The Morgan fingerprint density at radius 1 is 0.708 bits per heavy atom. The fourth-order valence-electron chi connectivity index (χ4n) is 2.57. The molecule has 1 heterocycles. The van der Waals surface area contributed by atoms with E-state index in [-0.39, 0.29) is 0 Å². The Morgan fingerprint density at radius 2 is 1.38 bits per heavy atom. The van der Waals surface area contributed by atoms with Crippen LogP contribution in [0.15, 0.2) is 36.7 Å². The molecule has 0 N–H and O–H groups in total. The van der Waals surface area contributed by atoms with Crippen LogP contribution in [0.2, 0.25) is 0 Å². The molecule has 2 aromatic rings. The van der Waals surface area contributed by atoms with Gasteiger partial charge in [-0.1, -0.05) is 57.6 Å². The first-order valence-corrected chi connectivity index (χ1v) is 9.23. The van der Waals surface area contributed by atoms with E-state index in [0.717, 1.165) is 18.4 Å². The van der Waals surface area contributed by atoms with Crippen molar-refractivity contribution in [2.75, 3.05) is 0 Å². The van der Waals surface area contributed by atoms with Gasteiger partial charge in [-0.05, 0) is 54.9 Å². The highest BCUT2D eigenvalue weighted by atomic mass is 14.8. The van der Waals surface area contributed by atoms with Crippen LogP contribution < -0.4 is 0 Å². The van der Waals surface area contributed by atoms with Crippen molar-refractivity contribution in [2.24, 2.45) is 0 Å². The number of hydrogen-bond acceptors (Lipinski definition) is 2. The van der Waals surface area contributed by atoms with Crippen LogP contribution in [-0.2, 0) is 12.8 Å². The van der Waals surface area contributed by atoms with Gasteiger partial charge in [-0.2, -0.15) is 0 Å². The highest BCUT2D eigenvalue weighted by Gasteiger charge is 1.96. The molecule has 0 bridgehead atoms. The van der Waals surface area contributed by atoms with Crippen LogP contribution in [0, 0.1) is 11.8 Å². The number of aryl methyl sites for hydroxylation is 2. The molecule has 0 aliphatic carbocycles. The summed E-state index contributed by atoms with van der Waals surface area (Å²) in [5, 5.41) is 0. The van der Waals surface area contributed by atoms with Crippen molar-refractivity contribution >= 4 is 0 Å². The zero-order valence-electron chi connectivity index (χ0n) is 15.0. The van der Waals surface area contributed by atoms with E-state index in [1.54, 1.807) is 0 Å². The molecule has 2 heteroatoms. The topological polar surface area (TPSA) is 25.8 Å². The van der Waals surface area contributed by atoms with E-state index in [0.29, 0.717) is 5.82 Å². The third kappa shape index (κ3) is 6.54. The SMILES string of the molecule is CCCCCCc1ccc(C#Cc2ncc(CCCC)cn2)cc1. The molecule has 0 radical (unpaired) electrons. The van der Waals surface area contributed by atoms with E-state index in [4.69, 9.17) is 0 Å². The van der Waals surface area contributed by atoms with Gasteiger partial charge in [0.05, 0.1) is 0 Å². The first-order valence-electron chi connectivity index (χ1n) is 9.23. The first kappa shape index (κ1) is 18.2. The van der Waals surface area contributed by atoms with Gasteiger partial charge in [-0.15, -0.1) is 0 Å². The highest BCUT2D eigenvalue weighted by molar-refractivity contribution is 5.39. The summed E-state index contributed by atoms with van der Waals surface area (Å²) in [5.41, 5.74) is 3.61. The van der Waals surface area contributed by atoms with E-state index in [2.05, 4.69) is 59.9 Å². The lowest BCUT2D eigenvalue weighted by Gasteiger charge is -2.01. The van der Waals surface area contributed by atoms with Gasteiger partial charge in [0.25, 0.3) is 0 Å². The highest BCUT2D eigenvalue weighted by Crippen LogP contribution is 2.09. The van der Waals surface area contributed by atoms with Crippen LogP contribution in [0.4, 0.5) is 0 Å². The van der Waals surface area contributed by atoms with Crippen molar-refractivity contribution in [1.82, 2.24) is 9.97 Å². The Balaban J connectivity index is 1.88. The number of unbranched alkanes of at least 4 members (excludes halogenated alkanes) is 4. The predicted octanol–water partition coefficient (Wildman–Crippen LogP) is 5.34. The van der Waals surface area contributed by atoms with E-state index in [9.17, 15) is 0 Å². The maximum atomic E-state index is 4.34. The molecule has 0 saturated carbocycles. The van der Waals surface area contributed by atoms with Gasteiger partial charge in [-0.25, -0.2) is 9.97 Å². The summed E-state index contributed by atoms with van der Waals surface area (Å²) in [6.45, 7) is 4.44. The van der Waals surface area contributed by atoms with Crippen molar-refractivity contribution in [2.45, 2.75) is 65.2 Å². The Kier molecular flexibility index (Phi) is 8.04. The van der Waals surface area contributed by atoms with E-state index in [1.807, 2.05) is 12.4 Å². The van der Waals surface area contributed by atoms with E-state index in [1.165, 1.54) is 49.7 Å². The van der Waals surface area contributed by atoms with Gasteiger partial charge in [0.1, 0.15) is 0 Å². The molecule has 0 aliphatic rings. The largest absolute Gasteiger partial charge is 0.229 e. The summed E-state index contributed by atoms with van der Waals surface area (Å²) < 4.78 is 0. The predicted molar refractivity (Wildman–Crippen MR) is 101 cm³/mol. The number of benzene rings is 1. The van der Waals surface area contributed by atoms with Crippen LogP contribution in [0.3, 0.4) is 0 Å². The normalized spacial score (nSPS) is 10.2. The molecule has 0 saturated heterocycles. The third-order valence-corrected chi connectivity index (χ3v) is 4.12. The molecular formula is C22H28N2. The second kappa shape index (κ2) is 10.6. The standard InChI is InChI=1S/C22H28N2/c1-3-5-7-8-10-19-11-13-20(14-12-19)15-16-22-23-17-21(18-24-22)9-6-4-2/h11-14,17-18H,3-10H2,1-2H3. The van der Waals surface area contributed by atoms with Crippen molar-refractivity contribution in [3.8, 4) is 11.8 Å². The monoisotopic (exact) mass is 320 g/mol. The van der Waals surface area contributed by atoms with Crippen molar-refractivity contribution in [3.05, 3.63) is 59.2 Å². The maximum Gasteiger partial charge on any atom is 0.205 e. The van der Waals surface area contributed by atoms with Crippen molar-refractivity contribution in [3.63, 3.8) is 0 Å². The van der Waals surface area contributed by atoms with Crippen LogP contribution in [-0.4, -0.2) is 9.97 Å². The summed E-state index contributed by atoms with van der Waals surface area (Å²) in [7, 11) is 0. The maximum absolute atomic E-state index is 4.34. The van der Waals surface area contributed by atoms with Crippen molar-refractivity contribution in [1.29, 1.82) is 0 Å². The molecule has 0 unspecified atom stereocenters. The molecule has 126 valence electrons. The molecule has 2 rings (SSSR count). The fourth-order valence-corrected chi connectivity index (χ4v) is 2.57. The minimum atomic E-state index is 0.596. The minimum absolute atomic E-state index is 0.596. The third-order valence-electron chi connectivity index (χ3n) is 4.12. The van der Waals surface area contributed by atoms with Crippen LogP contribution in [0.25, 0.3) is 0 Å². The average Bonchev–Trinajstić information content (AvgIpc) is 2.64. The molecule has 2 nitrogen and oxygen atoms in total. The second-order valence-corrected chi connectivity index (χ2v) is 6.28. The molecular weight excluding hydrogens is 292 g/mol. The zero-order valence-corrected chi connectivity index (χ0v) is 15.0. The lowest BCUT2D eigenvalue weighted by Crippen LogP contribution is -1.93. The Labute approximate surface area is 146 Å². The molecule has 0 spiro atoms. The Morgan fingerprint density at radius 3 is 2.04 bits per heavy atom. The molecule has 1 aromatic carbocycles. The number of rotatable bonds is 8. The van der Waals surface area contributed by atoms with Gasteiger partial charge in [-0.3, -0.25) is 0 Å². The quantitative estimate of drug-likeness (QED) is 0.484. The fraction of sp³-hybridized carbons (Fsp3) is 0.455. The smallest absolute Gasteiger partial charge is 0.205 e. The molecule has 24 heavy (non-hydrogen) atoms. The van der Waals surface area contributed by atoms with Gasteiger partial charge >= 0.3 is 0 Å². The minimum Gasteiger partial charge on any atom is -0.229 e. The molecule has 0 atom stereocenters. The van der Waals surface area contributed by atoms with Crippen LogP contribution in [0.1, 0.15) is 74.9 Å². The van der Waals surface area contributed by atoms with E-state index >= 15 is 0 Å². The Bertz CT molecular complexity index is 645. The lowest BCUT2D eigenvalue weighted by atomic mass is 10.0. The van der Waals surface area contributed by atoms with Gasteiger partial charge in [0.2, 0.25) is 5.82 Å². The van der Waals surface area contributed by atoms with E-state index < -0.39 is 0 Å². The van der Waals surface area contributed by atoms with Crippen molar-refractivity contribution < 1.29 is 0 Å². The summed E-state index contributed by atoms with van der Waals surface area (Å²) in [5.74, 6) is 6.80. The first-order chi connectivity index (χ1) is 11.8. The van der Waals surface area contributed by atoms with Gasteiger partial charge in [0, 0.05) is 18.0 Å². The number of aromatic nitrogens is 2.